The van der Waals surface area contributed by atoms with Gasteiger partial charge in [0.1, 0.15) is 5.82 Å². The molecule has 0 spiro atoms. The van der Waals surface area contributed by atoms with Crippen molar-refractivity contribution in [3.63, 3.8) is 0 Å². The van der Waals surface area contributed by atoms with Crippen LogP contribution in [0.2, 0.25) is 5.02 Å². The Hall–Kier alpha value is -2.40. The third-order valence-electron chi connectivity index (χ3n) is 5.06. The van der Waals surface area contributed by atoms with E-state index in [9.17, 15) is 14.0 Å². The Morgan fingerprint density at radius 1 is 1.00 bits per heavy atom. The highest BCUT2D eigenvalue weighted by Crippen LogP contribution is 2.21. The van der Waals surface area contributed by atoms with Gasteiger partial charge in [-0.05, 0) is 37.5 Å². The lowest BCUT2D eigenvalue weighted by atomic mass is 10.1. The molecule has 0 radical (unpaired) electrons. The molecule has 1 heterocycles. The second kappa shape index (κ2) is 9.20. The molecular formula is C22H24ClFN2O2. The Morgan fingerprint density at radius 2 is 1.68 bits per heavy atom. The van der Waals surface area contributed by atoms with Crippen molar-refractivity contribution in [3.05, 3.63) is 70.0 Å². The zero-order valence-electron chi connectivity index (χ0n) is 16.0. The van der Waals surface area contributed by atoms with Gasteiger partial charge in [-0.1, -0.05) is 47.5 Å². The van der Waals surface area contributed by atoms with Crippen LogP contribution >= 0.6 is 11.6 Å². The molecule has 0 N–H and O–H groups in total. The van der Waals surface area contributed by atoms with Crippen LogP contribution in [0.5, 0.6) is 0 Å². The number of amides is 2. The average molecular weight is 403 g/mol. The van der Waals surface area contributed by atoms with Crippen molar-refractivity contribution < 1.29 is 14.0 Å². The first kappa shape index (κ1) is 20.3. The first-order chi connectivity index (χ1) is 13.5. The molecule has 148 valence electrons. The first-order valence-electron chi connectivity index (χ1n) is 9.52. The Balaban J connectivity index is 1.57. The van der Waals surface area contributed by atoms with E-state index >= 15 is 0 Å². The zero-order chi connectivity index (χ0) is 20.1. The number of carbonyl (C=O) groups excluding carboxylic acids is 2. The lowest BCUT2D eigenvalue weighted by Gasteiger charge is -2.23. The van der Waals surface area contributed by atoms with E-state index in [1.54, 1.807) is 9.80 Å². The maximum Gasteiger partial charge on any atom is 0.258 e. The van der Waals surface area contributed by atoms with Gasteiger partial charge in [-0.15, -0.1) is 0 Å². The summed E-state index contributed by atoms with van der Waals surface area (Å²) >= 11 is 6.02. The van der Waals surface area contributed by atoms with Crippen LogP contribution in [0, 0.1) is 12.7 Å². The molecule has 3 rings (SSSR count). The fourth-order valence-corrected chi connectivity index (χ4v) is 3.64. The molecule has 6 heteroatoms. The molecule has 0 unspecified atom stereocenters. The molecule has 1 aliphatic heterocycles. The highest BCUT2D eigenvalue weighted by molar-refractivity contribution is 6.33. The summed E-state index contributed by atoms with van der Waals surface area (Å²) in [6.07, 6.45) is 1.80. The minimum absolute atomic E-state index is 0.0822. The van der Waals surface area contributed by atoms with E-state index in [4.69, 9.17) is 11.6 Å². The number of hydrogen-bond donors (Lipinski definition) is 0. The third kappa shape index (κ3) is 4.90. The van der Waals surface area contributed by atoms with Crippen LogP contribution in [-0.4, -0.2) is 47.8 Å². The molecule has 0 bridgehead atoms. The monoisotopic (exact) mass is 402 g/mol. The van der Waals surface area contributed by atoms with Crippen LogP contribution in [0.3, 0.4) is 0 Å². The van der Waals surface area contributed by atoms with Crippen molar-refractivity contribution in [2.45, 2.75) is 26.2 Å². The van der Waals surface area contributed by atoms with Crippen molar-refractivity contribution in [2.24, 2.45) is 0 Å². The number of rotatable bonds is 4. The summed E-state index contributed by atoms with van der Waals surface area (Å²) in [7, 11) is 0. The van der Waals surface area contributed by atoms with Crippen LogP contribution < -0.4 is 0 Å². The van der Waals surface area contributed by atoms with Gasteiger partial charge in [0.2, 0.25) is 5.91 Å². The van der Waals surface area contributed by atoms with Gasteiger partial charge >= 0.3 is 0 Å². The van der Waals surface area contributed by atoms with Crippen LogP contribution in [0.15, 0.2) is 42.5 Å². The molecule has 0 aromatic heterocycles. The zero-order valence-corrected chi connectivity index (χ0v) is 16.7. The van der Waals surface area contributed by atoms with Crippen LogP contribution in [-0.2, 0) is 11.2 Å². The van der Waals surface area contributed by atoms with Gasteiger partial charge in [0, 0.05) is 32.6 Å². The second-order valence-electron chi connectivity index (χ2n) is 7.11. The molecule has 4 nitrogen and oxygen atoms in total. The number of carbonyl (C=O) groups is 2. The molecule has 28 heavy (non-hydrogen) atoms. The Labute approximate surface area is 169 Å². The highest BCUT2D eigenvalue weighted by Gasteiger charge is 2.25. The Bertz CT molecular complexity index is 834. The maximum absolute atomic E-state index is 14.1. The fraction of sp³-hybridized carbons (Fsp3) is 0.364. The molecule has 2 aromatic rings. The largest absolute Gasteiger partial charge is 0.341 e. The minimum Gasteiger partial charge on any atom is -0.341 e. The number of hydrogen-bond acceptors (Lipinski definition) is 2. The van der Waals surface area contributed by atoms with E-state index < -0.39 is 11.7 Å². The van der Waals surface area contributed by atoms with Crippen molar-refractivity contribution in [1.82, 2.24) is 9.80 Å². The quantitative estimate of drug-likeness (QED) is 0.772. The van der Waals surface area contributed by atoms with Gasteiger partial charge in [-0.25, -0.2) is 4.39 Å². The predicted molar refractivity (Wildman–Crippen MR) is 108 cm³/mol. The summed E-state index contributed by atoms with van der Waals surface area (Å²) in [5.41, 5.74) is 2.24. The molecule has 0 saturated carbocycles. The molecule has 1 saturated heterocycles. The Kier molecular flexibility index (Phi) is 6.68. The molecule has 0 aliphatic carbocycles. The maximum atomic E-state index is 14.1. The Morgan fingerprint density at radius 3 is 2.39 bits per heavy atom. The molecular weight excluding hydrogens is 379 g/mol. The second-order valence-corrected chi connectivity index (χ2v) is 7.52. The SMILES string of the molecule is Cc1ccc(CCC(=O)N2CCCN(C(=O)c3c(F)cccc3Cl)CC2)cc1. The lowest BCUT2D eigenvalue weighted by Crippen LogP contribution is -2.37. The van der Waals surface area contributed by atoms with Gasteiger partial charge in [0.25, 0.3) is 5.91 Å². The molecule has 2 amide bonds. The average Bonchev–Trinajstić information content (AvgIpc) is 2.93. The van der Waals surface area contributed by atoms with Gasteiger partial charge < -0.3 is 9.80 Å². The van der Waals surface area contributed by atoms with E-state index in [0.29, 0.717) is 45.4 Å². The summed E-state index contributed by atoms with van der Waals surface area (Å²) in [4.78, 5) is 28.7. The lowest BCUT2D eigenvalue weighted by molar-refractivity contribution is -0.131. The molecule has 0 atom stereocenters. The summed E-state index contributed by atoms with van der Waals surface area (Å²) < 4.78 is 14.1. The summed E-state index contributed by atoms with van der Waals surface area (Å²) in [6.45, 7) is 3.94. The topological polar surface area (TPSA) is 40.6 Å². The number of aryl methyl sites for hydroxylation is 2. The van der Waals surface area contributed by atoms with Gasteiger partial charge in [-0.3, -0.25) is 9.59 Å². The van der Waals surface area contributed by atoms with Gasteiger partial charge in [-0.2, -0.15) is 0 Å². The molecule has 1 fully saturated rings. The number of benzene rings is 2. The van der Waals surface area contributed by atoms with Crippen LogP contribution in [0.4, 0.5) is 4.39 Å². The standard InChI is InChI=1S/C22H24ClFN2O2/c1-16-6-8-17(9-7-16)10-11-20(27)25-12-3-13-26(15-14-25)22(28)21-18(23)4-2-5-19(21)24/h2,4-9H,3,10-15H2,1H3. The molecule has 1 aliphatic rings. The van der Waals surface area contributed by atoms with E-state index in [2.05, 4.69) is 0 Å². The number of halogens is 2. The van der Waals surface area contributed by atoms with Crippen molar-refractivity contribution >= 4 is 23.4 Å². The van der Waals surface area contributed by atoms with E-state index in [1.165, 1.54) is 23.8 Å². The summed E-state index contributed by atoms with van der Waals surface area (Å²) in [6, 6.07) is 12.4. The van der Waals surface area contributed by atoms with Crippen molar-refractivity contribution in [2.75, 3.05) is 26.2 Å². The predicted octanol–water partition coefficient (Wildman–Crippen LogP) is 4.09. The normalized spacial score (nSPS) is 14.7. The summed E-state index contributed by atoms with van der Waals surface area (Å²) in [5.74, 6) is -0.955. The highest BCUT2D eigenvalue weighted by atomic mass is 35.5. The van der Waals surface area contributed by atoms with Crippen molar-refractivity contribution in [1.29, 1.82) is 0 Å². The van der Waals surface area contributed by atoms with Crippen LogP contribution in [0.25, 0.3) is 0 Å². The van der Waals surface area contributed by atoms with Crippen LogP contribution in [0.1, 0.15) is 34.3 Å². The smallest absolute Gasteiger partial charge is 0.258 e. The fourth-order valence-electron chi connectivity index (χ4n) is 3.39. The first-order valence-corrected chi connectivity index (χ1v) is 9.90. The van der Waals surface area contributed by atoms with E-state index in [-0.39, 0.29) is 16.5 Å². The van der Waals surface area contributed by atoms with E-state index in [1.807, 2.05) is 31.2 Å². The third-order valence-corrected chi connectivity index (χ3v) is 5.38. The minimum atomic E-state index is -0.618. The molecule has 2 aromatic carbocycles. The summed E-state index contributed by atoms with van der Waals surface area (Å²) in [5, 5.41) is 0.111. The van der Waals surface area contributed by atoms with Gasteiger partial charge in [0.05, 0.1) is 10.6 Å². The van der Waals surface area contributed by atoms with E-state index in [0.717, 1.165) is 5.56 Å². The van der Waals surface area contributed by atoms with Gasteiger partial charge in [0.15, 0.2) is 0 Å². The van der Waals surface area contributed by atoms with Crippen molar-refractivity contribution in [3.8, 4) is 0 Å². The number of nitrogens with zero attached hydrogens (tertiary/aromatic N) is 2.